The van der Waals surface area contributed by atoms with E-state index in [-0.39, 0.29) is 11.0 Å². The van der Waals surface area contributed by atoms with Crippen molar-refractivity contribution in [3.05, 3.63) is 22.7 Å². The lowest BCUT2D eigenvalue weighted by molar-refractivity contribution is 0.0586. The molecule has 15 heavy (non-hydrogen) atoms. The molecule has 0 bridgehead atoms. The lowest BCUT2D eigenvalue weighted by Crippen LogP contribution is -2.10. The average Bonchev–Trinajstić information content (AvgIpc) is 2.14. The number of aromatic nitrogens is 2. The van der Waals surface area contributed by atoms with Crippen LogP contribution < -0.4 is 0 Å². The fourth-order valence-electron chi connectivity index (χ4n) is 1.17. The molecule has 0 fully saturated rings. The van der Waals surface area contributed by atoms with Gasteiger partial charge in [0.05, 0.1) is 7.11 Å². The number of esters is 1. The van der Waals surface area contributed by atoms with E-state index in [9.17, 15) is 4.79 Å². The second kappa shape index (κ2) is 5.07. The molecule has 1 aromatic rings. The molecule has 82 valence electrons. The van der Waals surface area contributed by atoms with Gasteiger partial charge in [0.25, 0.3) is 0 Å². The third kappa shape index (κ3) is 3.47. The van der Waals surface area contributed by atoms with Gasteiger partial charge in [0.1, 0.15) is 5.15 Å². The number of carbonyl (C=O) groups excluding carboxylic acids is 1. The maximum atomic E-state index is 11.2. The molecule has 0 atom stereocenters. The minimum atomic E-state index is -0.567. The molecular weight excluding hydrogens is 216 g/mol. The van der Waals surface area contributed by atoms with E-state index in [0.29, 0.717) is 5.92 Å². The minimum absolute atomic E-state index is 0.0145. The van der Waals surface area contributed by atoms with Crippen molar-refractivity contribution in [1.82, 2.24) is 9.97 Å². The largest absolute Gasteiger partial charge is 0.463 e. The van der Waals surface area contributed by atoms with Gasteiger partial charge in [0.2, 0.25) is 5.82 Å². The number of halogens is 1. The number of methoxy groups -OCH3 is 1. The maximum Gasteiger partial charge on any atom is 0.376 e. The molecule has 0 radical (unpaired) electrons. The monoisotopic (exact) mass is 228 g/mol. The first-order chi connectivity index (χ1) is 7.02. The van der Waals surface area contributed by atoms with Crippen LogP contribution in [0, 0.1) is 5.92 Å². The van der Waals surface area contributed by atoms with Crippen LogP contribution in [0.25, 0.3) is 0 Å². The summed E-state index contributed by atoms with van der Waals surface area (Å²) in [6.07, 6.45) is 0.756. The molecule has 0 aromatic carbocycles. The van der Waals surface area contributed by atoms with E-state index in [4.69, 9.17) is 11.6 Å². The van der Waals surface area contributed by atoms with E-state index >= 15 is 0 Å². The molecule has 0 aliphatic carbocycles. The van der Waals surface area contributed by atoms with Crippen molar-refractivity contribution in [1.29, 1.82) is 0 Å². The van der Waals surface area contributed by atoms with E-state index < -0.39 is 5.97 Å². The van der Waals surface area contributed by atoms with Gasteiger partial charge in [-0.25, -0.2) is 14.8 Å². The lowest BCUT2D eigenvalue weighted by Gasteiger charge is -2.05. The Bertz CT molecular complexity index is 366. The van der Waals surface area contributed by atoms with Gasteiger partial charge >= 0.3 is 5.97 Å². The number of hydrogen-bond acceptors (Lipinski definition) is 4. The predicted octanol–water partition coefficient (Wildman–Crippen LogP) is 2.12. The number of rotatable bonds is 3. The third-order valence-corrected chi connectivity index (χ3v) is 1.93. The van der Waals surface area contributed by atoms with Gasteiger partial charge in [-0.05, 0) is 18.4 Å². The lowest BCUT2D eigenvalue weighted by atomic mass is 10.1. The van der Waals surface area contributed by atoms with Crippen LogP contribution in [0.1, 0.15) is 30.2 Å². The SMILES string of the molecule is COC(=O)c1nc(Cl)cc(CC(C)C)n1. The summed E-state index contributed by atoms with van der Waals surface area (Å²) in [5.74, 6) is -0.107. The summed E-state index contributed by atoms with van der Waals surface area (Å²) in [7, 11) is 1.29. The van der Waals surface area contributed by atoms with Crippen molar-refractivity contribution >= 4 is 17.6 Å². The average molecular weight is 229 g/mol. The van der Waals surface area contributed by atoms with Gasteiger partial charge in [-0.2, -0.15) is 0 Å². The second-order valence-corrected chi connectivity index (χ2v) is 3.98. The summed E-state index contributed by atoms with van der Waals surface area (Å²) in [5.41, 5.74) is 0.755. The van der Waals surface area contributed by atoms with Crippen LogP contribution in [0.3, 0.4) is 0 Å². The van der Waals surface area contributed by atoms with Gasteiger partial charge < -0.3 is 4.74 Å². The van der Waals surface area contributed by atoms with Crippen LogP contribution in [-0.4, -0.2) is 23.0 Å². The molecule has 0 amide bonds. The summed E-state index contributed by atoms with van der Waals surface area (Å²) in [5, 5.41) is 0.265. The van der Waals surface area contributed by atoms with E-state index in [0.717, 1.165) is 12.1 Å². The Morgan fingerprint density at radius 2 is 2.20 bits per heavy atom. The normalized spacial score (nSPS) is 10.5. The Labute approximate surface area is 93.6 Å². The standard InChI is InChI=1S/C10H13ClN2O2/c1-6(2)4-7-5-8(11)13-9(12-7)10(14)15-3/h5-6H,4H2,1-3H3. The molecular formula is C10H13ClN2O2. The highest BCUT2D eigenvalue weighted by atomic mass is 35.5. The first-order valence-corrected chi connectivity index (χ1v) is 5.02. The molecule has 5 heteroatoms. The molecule has 4 nitrogen and oxygen atoms in total. The van der Waals surface area contributed by atoms with Crippen LogP contribution in [-0.2, 0) is 11.2 Å². The van der Waals surface area contributed by atoms with Crippen LogP contribution >= 0.6 is 11.6 Å². The molecule has 0 saturated carbocycles. The molecule has 0 spiro atoms. The Kier molecular flexibility index (Phi) is 4.03. The van der Waals surface area contributed by atoms with Gasteiger partial charge in [-0.1, -0.05) is 25.4 Å². The molecule has 0 unspecified atom stereocenters. The smallest absolute Gasteiger partial charge is 0.376 e. The molecule has 0 aliphatic heterocycles. The quantitative estimate of drug-likeness (QED) is 0.587. The van der Waals surface area contributed by atoms with Crippen molar-refractivity contribution < 1.29 is 9.53 Å². The zero-order valence-corrected chi connectivity index (χ0v) is 9.71. The predicted molar refractivity (Wildman–Crippen MR) is 56.9 cm³/mol. The van der Waals surface area contributed by atoms with E-state index in [1.165, 1.54) is 7.11 Å². The first kappa shape index (κ1) is 11.9. The summed E-state index contributed by atoms with van der Waals surface area (Å²) in [6, 6.07) is 1.66. The van der Waals surface area contributed by atoms with Crippen molar-refractivity contribution in [3.63, 3.8) is 0 Å². The van der Waals surface area contributed by atoms with Gasteiger partial charge in [0.15, 0.2) is 0 Å². The molecule has 0 saturated heterocycles. The van der Waals surface area contributed by atoms with Crippen molar-refractivity contribution in [2.45, 2.75) is 20.3 Å². The number of carbonyl (C=O) groups is 1. The van der Waals surface area contributed by atoms with Crippen LogP contribution in [0.4, 0.5) is 0 Å². The van der Waals surface area contributed by atoms with E-state index in [1.54, 1.807) is 6.07 Å². The van der Waals surface area contributed by atoms with Gasteiger partial charge in [-0.3, -0.25) is 0 Å². The Morgan fingerprint density at radius 1 is 1.53 bits per heavy atom. The highest BCUT2D eigenvalue weighted by molar-refractivity contribution is 6.29. The van der Waals surface area contributed by atoms with Crippen molar-refractivity contribution in [2.75, 3.05) is 7.11 Å². The molecule has 1 aromatic heterocycles. The third-order valence-electron chi connectivity index (χ3n) is 1.73. The Hall–Kier alpha value is -1.16. The van der Waals surface area contributed by atoms with Crippen molar-refractivity contribution in [3.8, 4) is 0 Å². The number of ether oxygens (including phenoxy) is 1. The summed E-state index contributed by atoms with van der Waals surface area (Å²) < 4.78 is 4.53. The summed E-state index contributed by atoms with van der Waals surface area (Å²) >= 11 is 5.78. The van der Waals surface area contributed by atoms with E-state index in [2.05, 4.69) is 28.6 Å². The Balaban J connectivity index is 2.99. The molecule has 0 N–H and O–H groups in total. The van der Waals surface area contributed by atoms with Crippen LogP contribution in [0.5, 0.6) is 0 Å². The van der Waals surface area contributed by atoms with E-state index in [1.807, 2.05) is 0 Å². The minimum Gasteiger partial charge on any atom is -0.463 e. The van der Waals surface area contributed by atoms with Crippen LogP contribution in [0.2, 0.25) is 5.15 Å². The second-order valence-electron chi connectivity index (χ2n) is 3.60. The molecule has 1 rings (SSSR count). The fraction of sp³-hybridized carbons (Fsp3) is 0.500. The maximum absolute atomic E-state index is 11.2. The molecule has 0 aliphatic rings. The highest BCUT2D eigenvalue weighted by Crippen LogP contribution is 2.11. The fourth-order valence-corrected chi connectivity index (χ4v) is 1.38. The zero-order chi connectivity index (χ0) is 11.4. The first-order valence-electron chi connectivity index (χ1n) is 4.64. The Morgan fingerprint density at radius 3 is 2.73 bits per heavy atom. The summed E-state index contributed by atoms with van der Waals surface area (Å²) in [6.45, 7) is 4.13. The zero-order valence-electron chi connectivity index (χ0n) is 8.95. The summed E-state index contributed by atoms with van der Waals surface area (Å²) in [4.78, 5) is 19.1. The number of nitrogens with zero attached hydrogens (tertiary/aromatic N) is 2. The van der Waals surface area contributed by atoms with Crippen molar-refractivity contribution in [2.24, 2.45) is 5.92 Å². The highest BCUT2D eigenvalue weighted by Gasteiger charge is 2.12. The molecule has 1 heterocycles. The van der Waals surface area contributed by atoms with Gasteiger partial charge in [-0.15, -0.1) is 0 Å². The van der Waals surface area contributed by atoms with Crippen LogP contribution in [0.15, 0.2) is 6.07 Å². The number of hydrogen-bond donors (Lipinski definition) is 0. The topological polar surface area (TPSA) is 52.1 Å². The van der Waals surface area contributed by atoms with Gasteiger partial charge in [0, 0.05) is 5.69 Å².